The van der Waals surface area contributed by atoms with E-state index in [2.05, 4.69) is 5.32 Å². The first-order valence-corrected chi connectivity index (χ1v) is 7.31. The van der Waals surface area contributed by atoms with Gasteiger partial charge in [0.2, 0.25) is 5.91 Å². The molecule has 0 aliphatic carbocycles. The summed E-state index contributed by atoms with van der Waals surface area (Å²) in [5.41, 5.74) is 3.75. The van der Waals surface area contributed by atoms with Crippen molar-refractivity contribution in [3.63, 3.8) is 0 Å². The Hall–Kier alpha value is -2.79. The fourth-order valence-electron chi connectivity index (χ4n) is 3.17. The summed E-state index contributed by atoms with van der Waals surface area (Å²) in [5, 5.41) is 3.84. The van der Waals surface area contributed by atoms with Gasteiger partial charge in [-0.3, -0.25) is 14.2 Å². The second kappa shape index (κ2) is 5.14. The second-order valence-electron chi connectivity index (χ2n) is 5.57. The maximum atomic E-state index is 13.2. The summed E-state index contributed by atoms with van der Waals surface area (Å²) in [6, 6.07) is 9.75. The molecule has 0 atom stereocenters. The molecular weight excluding hydrogens is 295 g/mol. The number of hydrogen-bond acceptors (Lipinski definition) is 3. The van der Waals surface area contributed by atoms with Crippen LogP contribution in [0, 0.1) is 5.82 Å². The standard InChI is InChI=1S/C18H13FN2O2/c19-13-3-1-11(2-4-13)15-7-12-8-20-9-17(23)21-6-5-14(18(12)21)16(15)10-22/h1-7,10,20H,8-9H2. The van der Waals surface area contributed by atoms with Crippen LogP contribution in [0.3, 0.4) is 0 Å². The summed E-state index contributed by atoms with van der Waals surface area (Å²) >= 11 is 0. The molecule has 0 amide bonds. The van der Waals surface area contributed by atoms with Crippen molar-refractivity contribution >= 4 is 23.1 Å². The average molecular weight is 308 g/mol. The number of carbonyl (C=O) groups is 2. The van der Waals surface area contributed by atoms with Gasteiger partial charge in [0.1, 0.15) is 5.82 Å². The number of hydrogen-bond donors (Lipinski definition) is 1. The first-order valence-electron chi connectivity index (χ1n) is 7.31. The summed E-state index contributed by atoms with van der Waals surface area (Å²) < 4.78 is 14.8. The Morgan fingerprint density at radius 2 is 1.91 bits per heavy atom. The van der Waals surface area contributed by atoms with E-state index >= 15 is 0 Å². The van der Waals surface area contributed by atoms with E-state index in [9.17, 15) is 14.0 Å². The van der Waals surface area contributed by atoms with Crippen LogP contribution in [0.15, 0.2) is 42.6 Å². The van der Waals surface area contributed by atoms with Crippen molar-refractivity contribution in [3.8, 4) is 11.1 Å². The highest BCUT2D eigenvalue weighted by molar-refractivity contribution is 6.08. The molecule has 114 valence electrons. The van der Waals surface area contributed by atoms with E-state index in [1.165, 1.54) is 12.1 Å². The lowest BCUT2D eigenvalue weighted by Gasteiger charge is -2.11. The molecule has 0 spiro atoms. The van der Waals surface area contributed by atoms with Gasteiger partial charge in [-0.2, -0.15) is 0 Å². The minimum Gasteiger partial charge on any atom is -0.304 e. The molecule has 0 fully saturated rings. The molecule has 0 radical (unpaired) electrons. The molecule has 0 unspecified atom stereocenters. The molecule has 4 nitrogen and oxygen atoms in total. The number of aldehydes is 1. The molecule has 0 bridgehead atoms. The van der Waals surface area contributed by atoms with Crippen molar-refractivity contribution in [1.29, 1.82) is 0 Å². The van der Waals surface area contributed by atoms with E-state index in [1.54, 1.807) is 29.0 Å². The average Bonchev–Trinajstić information content (AvgIpc) is 2.93. The van der Waals surface area contributed by atoms with Gasteiger partial charge < -0.3 is 5.32 Å². The lowest BCUT2D eigenvalue weighted by atomic mass is 9.94. The molecule has 0 saturated carbocycles. The zero-order valence-corrected chi connectivity index (χ0v) is 12.2. The lowest BCUT2D eigenvalue weighted by molar-refractivity contribution is 0.0919. The zero-order chi connectivity index (χ0) is 16.0. The molecular formula is C18H13FN2O2. The van der Waals surface area contributed by atoms with E-state index < -0.39 is 0 Å². The summed E-state index contributed by atoms with van der Waals surface area (Å²) in [5.74, 6) is -0.371. The number of halogens is 1. The van der Waals surface area contributed by atoms with Gasteiger partial charge in [0.15, 0.2) is 6.29 Å². The minimum absolute atomic E-state index is 0.0508. The molecule has 2 heterocycles. The summed E-state index contributed by atoms with van der Waals surface area (Å²) in [6.45, 7) is 0.792. The number of rotatable bonds is 2. The molecule has 1 aliphatic rings. The smallest absolute Gasteiger partial charge is 0.245 e. The van der Waals surface area contributed by atoms with Crippen molar-refractivity contribution in [1.82, 2.24) is 9.88 Å². The number of aromatic nitrogens is 1. The maximum absolute atomic E-state index is 13.2. The van der Waals surface area contributed by atoms with E-state index in [1.807, 2.05) is 6.07 Å². The van der Waals surface area contributed by atoms with Gasteiger partial charge in [-0.1, -0.05) is 12.1 Å². The Morgan fingerprint density at radius 1 is 1.13 bits per heavy atom. The van der Waals surface area contributed by atoms with Crippen LogP contribution in [0.5, 0.6) is 0 Å². The minimum atomic E-state index is -0.320. The number of nitrogens with zero attached hydrogens (tertiary/aromatic N) is 1. The van der Waals surface area contributed by atoms with Crippen LogP contribution < -0.4 is 5.32 Å². The van der Waals surface area contributed by atoms with E-state index in [0.29, 0.717) is 12.1 Å². The van der Waals surface area contributed by atoms with Gasteiger partial charge in [-0.25, -0.2) is 4.39 Å². The largest absolute Gasteiger partial charge is 0.304 e. The molecule has 23 heavy (non-hydrogen) atoms. The van der Waals surface area contributed by atoms with Crippen LogP contribution in [0.4, 0.5) is 4.39 Å². The van der Waals surface area contributed by atoms with Crippen LogP contribution in [-0.4, -0.2) is 23.3 Å². The molecule has 1 aliphatic heterocycles. The maximum Gasteiger partial charge on any atom is 0.245 e. The third-order valence-corrected chi connectivity index (χ3v) is 4.22. The van der Waals surface area contributed by atoms with Gasteiger partial charge in [-0.15, -0.1) is 0 Å². The predicted octanol–water partition coefficient (Wildman–Crippen LogP) is 3.00. The third kappa shape index (κ3) is 2.09. The highest BCUT2D eigenvalue weighted by atomic mass is 19.1. The Morgan fingerprint density at radius 3 is 2.65 bits per heavy atom. The third-order valence-electron chi connectivity index (χ3n) is 4.22. The highest BCUT2D eigenvalue weighted by Crippen LogP contribution is 2.33. The van der Waals surface area contributed by atoms with E-state index in [-0.39, 0.29) is 18.3 Å². The summed E-state index contributed by atoms with van der Waals surface area (Å²) in [6.07, 6.45) is 2.50. The van der Waals surface area contributed by atoms with Crippen molar-refractivity contribution in [3.05, 3.63) is 59.5 Å². The highest BCUT2D eigenvalue weighted by Gasteiger charge is 2.21. The molecule has 1 aromatic heterocycles. The first kappa shape index (κ1) is 13.8. The van der Waals surface area contributed by atoms with Gasteiger partial charge in [0.05, 0.1) is 12.1 Å². The van der Waals surface area contributed by atoms with Crippen molar-refractivity contribution in [2.24, 2.45) is 0 Å². The van der Waals surface area contributed by atoms with Gasteiger partial charge in [0.25, 0.3) is 0 Å². The van der Waals surface area contributed by atoms with E-state index in [0.717, 1.165) is 33.9 Å². The van der Waals surface area contributed by atoms with Gasteiger partial charge >= 0.3 is 0 Å². The molecule has 2 aromatic carbocycles. The second-order valence-corrected chi connectivity index (χ2v) is 5.57. The molecule has 1 N–H and O–H groups in total. The molecule has 4 rings (SSSR count). The van der Waals surface area contributed by atoms with Gasteiger partial charge in [-0.05, 0) is 41.0 Å². The zero-order valence-electron chi connectivity index (χ0n) is 12.2. The lowest BCUT2D eigenvalue weighted by Crippen LogP contribution is -2.23. The summed E-state index contributed by atoms with van der Waals surface area (Å²) in [4.78, 5) is 23.8. The normalized spacial score (nSPS) is 14.0. The molecule has 0 saturated heterocycles. The predicted molar refractivity (Wildman–Crippen MR) is 85.1 cm³/mol. The van der Waals surface area contributed by atoms with Crippen molar-refractivity contribution < 1.29 is 14.0 Å². The van der Waals surface area contributed by atoms with Crippen molar-refractivity contribution in [2.45, 2.75) is 6.54 Å². The molecule has 3 aromatic rings. The molecule has 5 heteroatoms. The number of carbonyl (C=O) groups excluding carboxylic acids is 2. The SMILES string of the molecule is O=Cc1c(-c2ccc(F)cc2)cc2c3c1ccn3C(=O)CNC2. The topological polar surface area (TPSA) is 51.1 Å². The fourth-order valence-corrected chi connectivity index (χ4v) is 3.17. The Labute approximate surface area is 131 Å². The van der Waals surface area contributed by atoms with Crippen LogP contribution in [0.25, 0.3) is 22.0 Å². The Balaban J connectivity index is 2.06. The monoisotopic (exact) mass is 308 g/mol. The van der Waals surface area contributed by atoms with E-state index in [4.69, 9.17) is 0 Å². The first-order chi connectivity index (χ1) is 11.2. The van der Waals surface area contributed by atoms with Crippen LogP contribution in [0.2, 0.25) is 0 Å². The number of benzene rings is 2. The summed E-state index contributed by atoms with van der Waals surface area (Å²) in [7, 11) is 0. The van der Waals surface area contributed by atoms with Crippen LogP contribution >= 0.6 is 0 Å². The van der Waals surface area contributed by atoms with Crippen LogP contribution in [-0.2, 0) is 6.54 Å². The fraction of sp³-hybridized carbons (Fsp3) is 0.111. The Kier molecular flexibility index (Phi) is 3.09. The Bertz CT molecular complexity index is 942. The van der Waals surface area contributed by atoms with Crippen LogP contribution in [0.1, 0.15) is 20.7 Å². The quantitative estimate of drug-likeness (QED) is 0.740. The van der Waals surface area contributed by atoms with Gasteiger partial charge in [0, 0.05) is 23.7 Å². The number of nitrogens with one attached hydrogen (secondary N) is 1. The van der Waals surface area contributed by atoms with Crippen molar-refractivity contribution in [2.75, 3.05) is 6.54 Å².